The lowest BCUT2D eigenvalue weighted by atomic mass is 10.1. The Morgan fingerprint density at radius 1 is 1.09 bits per heavy atom. The molecular weight excluding hydrogens is 468 g/mol. The normalized spacial score (nSPS) is 13.4. The first-order chi connectivity index (χ1) is 15.8. The number of amides is 1. The van der Waals surface area contributed by atoms with Crippen molar-refractivity contribution in [3.8, 4) is 0 Å². The Bertz CT molecular complexity index is 1370. The molecule has 4 rings (SSSR count). The maximum absolute atomic E-state index is 12.5. The van der Waals surface area contributed by atoms with Gasteiger partial charge in [-0.05, 0) is 55.0 Å². The first-order valence-electron chi connectivity index (χ1n) is 10.00. The molecule has 0 radical (unpaired) electrons. The maximum Gasteiger partial charge on any atom is 0.338 e. The molecule has 2 heterocycles. The number of anilines is 1. The molecule has 0 bridgehead atoms. The van der Waals surface area contributed by atoms with Crippen LogP contribution in [-0.2, 0) is 19.6 Å². The van der Waals surface area contributed by atoms with Crippen molar-refractivity contribution < 1.29 is 22.7 Å². The van der Waals surface area contributed by atoms with Gasteiger partial charge in [-0.25, -0.2) is 18.2 Å². The van der Waals surface area contributed by atoms with Gasteiger partial charge in [0, 0.05) is 24.0 Å². The van der Waals surface area contributed by atoms with Crippen molar-refractivity contribution in [2.75, 3.05) is 18.5 Å². The van der Waals surface area contributed by atoms with E-state index < -0.39 is 28.5 Å². The van der Waals surface area contributed by atoms with Gasteiger partial charge in [0.25, 0.3) is 15.9 Å². The number of esters is 1. The summed E-state index contributed by atoms with van der Waals surface area (Å²) < 4.78 is 32.6. The van der Waals surface area contributed by atoms with E-state index in [1.54, 1.807) is 24.3 Å². The van der Waals surface area contributed by atoms with Gasteiger partial charge in [0.05, 0.1) is 16.0 Å². The number of aromatic nitrogens is 1. The molecular formula is C22H19ClN4O5S. The number of sulfonamides is 1. The Kier molecular flexibility index (Phi) is 6.57. The molecule has 1 aliphatic heterocycles. The van der Waals surface area contributed by atoms with Gasteiger partial charge in [-0.15, -0.1) is 0 Å². The molecule has 0 atom stereocenters. The Hall–Kier alpha value is -3.50. The second-order valence-electron chi connectivity index (χ2n) is 7.23. The number of carbonyl (C=O) groups excluding carboxylic acids is 2. The Balaban J connectivity index is 1.36. The standard InChI is InChI=1S/C22H19ClN4O5S/c23-19-9-7-14-11-15(6-8-18(14)26-19)22(29)32-13-21(28)25-16-3-1-4-17(12-16)33(30,31)27-20-5-2-10-24-20/h1,3-4,6-9,11-12H,2,5,10,13H2,(H,24,27)(H,25,28). The molecule has 0 spiro atoms. The summed E-state index contributed by atoms with van der Waals surface area (Å²) in [4.78, 5) is 32.8. The summed E-state index contributed by atoms with van der Waals surface area (Å²) in [5.41, 5.74) is 1.13. The number of rotatable bonds is 6. The zero-order valence-electron chi connectivity index (χ0n) is 17.2. The minimum absolute atomic E-state index is 0.0169. The van der Waals surface area contributed by atoms with E-state index in [4.69, 9.17) is 16.3 Å². The topological polar surface area (TPSA) is 127 Å². The van der Waals surface area contributed by atoms with Gasteiger partial charge < -0.3 is 10.1 Å². The number of aliphatic imine (C=N–C) groups is 1. The van der Waals surface area contributed by atoms with Crippen LogP contribution in [0.3, 0.4) is 0 Å². The average Bonchev–Trinajstić information content (AvgIpc) is 3.29. The van der Waals surface area contributed by atoms with Crippen LogP contribution >= 0.6 is 11.6 Å². The molecule has 0 unspecified atom stereocenters. The van der Waals surface area contributed by atoms with Crippen LogP contribution in [-0.4, -0.2) is 44.3 Å². The van der Waals surface area contributed by atoms with E-state index in [0.29, 0.717) is 34.9 Å². The van der Waals surface area contributed by atoms with E-state index in [2.05, 4.69) is 20.0 Å². The van der Waals surface area contributed by atoms with E-state index in [-0.39, 0.29) is 16.1 Å². The maximum atomic E-state index is 12.5. The second-order valence-corrected chi connectivity index (χ2v) is 9.30. The van der Waals surface area contributed by atoms with Crippen molar-refractivity contribution >= 4 is 55.9 Å². The first-order valence-corrected chi connectivity index (χ1v) is 11.9. The quantitative estimate of drug-likeness (QED) is 0.407. The smallest absolute Gasteiger partial charge is 0.338 e. The molecule has 9 nitrogen and oxygen atoms in total. The largest absolute Gasteiger partial charge is 0.452 e. The number of hydrogen-bond acceptors (Lipinski definition) is 7. The molecule has 3 aromatic rings. The van der Waals surface area contributed by atoms with Gasteiger partial charge in [-0.3, -0.25) is 14.5 Å². The number of ether oxygens (including phenoxy) is 1. The number of pyridine rings is 1. The minimum Gasteiger partial charge on any atom is -0.452 e. The SMILES string of the molecule is O=C(COC(=O)c1ccc2nc(Cl)ccc2c1)Nc1cccc(S(=O)(=O)NC2=NCCC2)c1. The molecule has 11 heteroatoms. The second kappa shape index (κ2) is 9.55. The predicted octanol–water partition coefficient (Wildman–Crippen LogP) is 3.15. The third kappa shape index (κ3) is 5.65. The van der Waals surface area contributed by atoms with Crippen molar-refractivity contribution in [3.63, 3.8) is 0 Å². The van der Waals surface area contributed by atoms with Crippen molar-refractivity contribution in [2.24, 2.45) is 4.99 Å². The van der Waals surface area contributed by atoms with Gasteiger partial charge >= 0.3 is 5.97 Å². The number of amidine groups is 1. The van der Waals surface area contributed by atoms with Crippen LogP contribution in [0.2, 0.25) is 5.15 Å². The Morgan fingerprint density at radius 2 is 1.94 bits per heavy atom. The van der Waals surface area contributed by atoms with Gasteiger partial charge in [-0.1, -0.05) is 17.7 Å². The first kappa shape index (κ1) is 22.7. The van der Waals surface area contributed by atoms with Gasteiger partial charge in [0.1, 0.15) is 11.0 Å². The van der Waals surface area contributed by atoms with Gasteiger partial charge in [0.2, 0.25) is 0 Å². The lowest BCUT2D eigenvalue weighted by Gasteiger charge is -2.10. The highest BCUT2D eigenvalue weighted by Gasteiger charge is 2.19. The highest BCUT2D eigenvalue weighted by Crippen LogP contribution is 2.18. The number of carbonyl (C=O) groups is 2. The van der Waals surface area contributed by atoms with Crippen LogP contribution in [0.5, 0.6) is 0 Å². The lowest BCUT2D eigenvalue weighted by Crippen LogP contribution is -2.29. The zero-order valence-corrected chi connectivity index (χ0v) is 18.8. The molecule has 1 amide bonds. The fraction of sp³-hybridized carbons (Fsp3) is 0.182. The van der Waals surface area contributed by atoms with E-state index in [1.807, 2.05) is 0 Å². The molecule has 1 aliphatic rings. The van der Waals surface area contributed by atoms with Gasteiger partial charge in [-0.2, -0.15) is 0 Å². The predicted molar refractivity (Wildman–Crippen MR) is 124 cm³/mol. The summed E-state index contributed by atoms with van der Waals surface area (Å²) in [6, 6.07) is 13.9. The van der Waals surface area contributed by atoms with Crippen molar-refractivity contribution in [1.82, 2.24) is 9.71 Å². The van der Waals surface area contributed by atoms with Crippen molar-refractivity contribution in [3.05, 3.63) is 65.3 Å². The highest BCUT2D eigenvalue weighted by molar-refractivity contribution is 7.90. The number of benzene rings is 2. The van der Waals surface area contributed by atoms with Gasteiger partial charge in [0.15, 0.2) is 6.61 Å². The van der Waals surface area contributed by atoms with Crippen LogP contribution in [0.4, 0.5) is 5.69 Å². The number of nitrogens with zero attached hydrogens (tertiary/aromatic N) is 2. The summed E-state index contributed by atoms with van der Waals surface area (Å²) >= 11 is 5.86. The number of nitrogens with one attached hydrogen (secondary N) is 2. The Labute approximate surface area is 194 Å². The third-order valence-electron chi connectivity index (χ3n) is 4.78. The van der Waals surface area contributed by atoms with E-state index in [0.717, 1.165) is 6.42 Å². The zero-order chi connectivity index (χ0) is 23.4. The van der Waals surface area contributed by atoms with Crippen molar-refractivity contribution in [1.29, 1.82) is 0 Å². The number of halogens is 1. The lowest BCUT2D eigenvalue weighted by molar-refractivity contribution is -0.119. The number of hydrogen-bond donors (Lipinski definition) is 2. The fourth-order valence-electron chi connectivity index (χ4n) is 3.22. The summed E-state index contributed by atoms with van der Waals surface area (Å²) in [5, 5.41) is 3.57. The van der Waals surface area contributed by atoms with Crippen LogP contribution < -0.4 is 10.0 Å². The monoisotopic (exact) mass is 486 g/mol. The van der Waals surface area contributed by atoms with Crippen LogP contribution in [0.25, 0.3) is 10.9 Å². The fourth-order valence-corrected chi connectivity index (χ4v) is 4.51. The average molecular weight is 487 g/mol. The molecule has 2 N–H and O–H groups in total. The third-order valence-corrected chi connectivity index (χ3v) is 6.37. The molecule has 1 aromatic heterocycles. The van der Waals surface area contributed by atoms with Crippen LogP contribution in [0.1, 0.15) is 23.2 Å². The van der Waals surface area contributed by atoms with Crippen LogP contribution in [0, 0.1) is 0 Å². The molecule has 0 fully saturated rings. The van der Waals surface area contributed by atoms with E-state index in [9.17, 15) is 18.0 Å². The number of fused-ring (bicyclic) bond motifs is 1. The molecule has 33 heavy (non-hydrogen) atoms. The minimum atomic E-state index is -3.82. The molecule has 0 saturated carbocycles. The van der Waals surface area contributed by atoms with E-state index >= 15 is 0 Å². The molecule has 2 aromatic carbocycles. The van der Waals surface area contributed by atoms with Crippen molar-refractivity contribution in [2.45, 2.75) is 17.7 Å². The summed E-state index contributed by atoms with van der Waals surface area (Å²) in [5.74, 6) is -0.871. The molecule has 0 saturated heterocycles. The molecule has 170 valence electrons. The molecule has 0 aliphatic carbocycles. The Morgan fingerprint density at radius 3 is 2.73 bits per heavy atom. The van der Waals surface area contributed by atoms with E-state index in [1.165, 1.54) is 30.3 Å². The highest BCUT2D eigenvalue weighted by atomic mass is 35.5. The summed E-state index contributed by atoms with van der Waals surface area (Å²) in [6.45, 7) is 0.0545. The summed E-state index contributed by atoms with van der Waals surface area (Å²) in [6.07, 6.45) is 1.37. The van der Waals surface area contributed by atoms with Crippen LogP contribution in [0.15, 0.2) is 64.5 Å². The summed E-state index contributed by atoms with van der Waals surface area (Å²) in [7, 11) is -3.82.